The van der Waals surface area contributed by atoms with Crippen LogP contribution in [-0.2, 0) is 6.61 Å². The maximum Gasteiger partial charge on any atom is 0.215 e. The number of hydrogen-bond donors (Lipinski definition) is 2. The molecule has 0 unspecified atom stereocenters. The summed E-state index contributed by atoms with van der Waals surface area (Å²) < 4.78 is 10.7. The van der Waals surface area contributed by atoms with Crippen LogP contribution < -0.4 is 20.7 Å². The van der Waals surface area contributed by atoms with E-state index in [0.717, 1.165) is 11.3 Å². The first-order chi connectivity index (χ1) is 8.81. The van der Waals surface area contributed by atoms with E-state index in [-0.39, 0.29) is 0 Å². The van der Waals surface area contributed by atoms with Gasteiger partial charge in [-0.3, -0.25) is 0 Å². The van der Waals surface area contributed by atoms with E-state index in [2.05, 4.69) is 10.4 Å². The third-order valence-electron chi connectivity index (χ3n) is 2.39. The molecule has 0 aliphatic heterocycles. The number of rotatable bonds is 5. The Labute approximate surface area is 106 Å². The molecule has 0 aliphatic rings. The quantitative estimate of drug-likeness (QED) is 0.622. The Bertz CT molecular complexity index is 470. The minimum Gasteiger partial charge on any atom is -0.497 e. The lowest BCUT2D eigenvalue weighted by Gasteiger charge is -2.07. The average Bonchev–Trinajstić information content (AvgIpc) is 2.45. The number of hydrogen-bond acceptors (Lipinski definition) is 5. The monoisotopic (exact) mass is 245 g/mol. The Morgan fingerprint density at radius 3 is 2.83 bits per heavy atom. The highest BCUT2D eigenvalue weighted by molar-refractivity contribution is 5.35. The van der Waals surface area contributed by atoms with E-state index in [0.29, 0.717) is 18.3 Å². The summed E-state index contributed by atoms with van der Waals surface area (Å²) in [5, 5.41) is 0. The fourth-order valence-electron chi connectivity index (χ4n) is 1.50. The van der Waals surface area contributed by atoms with E-state index in [4.69, 9.17) is 15.3 Å². The van der Waals surface area contributed by atoms with Crippen molar-refractivity contribution in [3.63, 3.8) is 0 Å². The zero-order valence-electron chi connectivity index (χ0n) is 10.1. The Morgan fingerprint density at radius 1 is 1.22 bits per heavy atom. The Balaban J connectivity index is 2.01. The summed E-state index contributed by atoms with van der Waals surface area (Å²) >= 11 is 0. The predicted molar refractivity (Wildman–Crippen MR) is 69.4 cm³/mol. The molecular weight excluding hydrogens is 230 g/mol. The molecule has 1 aromatic heterocycles. The van der Waals surface area contributed by atoms with Crippen LogP contribution in [0.4, 0.5) is 5.82 Å². The van der Waals surface area contributed by atoms with Gasteiger partial charge in [0.1, 0.15) is 18.2 Å². The van der Waals surface area contributed by atoms with Crippen LogP contribution in [0.15, 0.2) is 42.5 Å². The van der Waals surface area contributed by atoms with E-state index < -0.39 is 0 Å². The smallest absolute Gasteiger partial charge is 0.215 e. The first-order valence-electron chi connectivity index (χ1n) is 5.51. The van der Waals surface area contributed by atoms with E-state index >= 15 is 0 Å². The number of aromatic nitrogens is 1. The fourth-order valence-corrected chi connectivity index (χ4v) is 1.50. The van der Waals surface area contributed by atoms with Gasteiger partial charge >= 0.3 is 0 Å². The second kappa shape index (κ2) is 5.88. The summed E-state index contributed by atoms with van der Waals surface area (Å²) in [6.07, 6.45) is 0. The molecule has 2 aromatic rings. The Morgan fingerprint density at radius 2 is 2.06 bits per heavy atom. The minimum atomic E-state index is 0.429. The lowest BCUT2D eigenvalue weighted by Crippen LogP contribution is -2.08. The average molecular weight is 245 g/mol. The lowest BCUT2D eigenvalue weighted by molar-refractivity contribution is 0.293. The topological polar surface area (TPSA) is 69.4 Å². The van der Waals surface area contributed by atoms with Crippen LogP contribution in [0.5, 0.6) is 11.6 Å². The van der Waals surface area contributed by atoms with Crippen LogP contribution in [0.2, 0.25) is 0 Å². The molecule has 18 heavy (non-hydrogen) atoms. The minimum absolute atomic E-state index is 0.429. The molecule has 1 aromatic carbocycles. The number of ether oxygens (including phenoxy) is 2. The van der Waals surface area contributed by atoms with Crippen LogP contribution in [0.1, 0.15) is 5.56 Å². The van der Waals surface area contributed by atoms with Gasteiger partial charge in [-0.15, -0.1) is 0 Å². The maximum absolute atomic E-state index is 5.57. The molecule has 3 N–H and O–H groups in total. The third-order valence-corrected chi connectivity index (χ3v) is 2.39. The van der Waals surface area contributed by atoms with Crippen LogP contribution in [0, 0.1) is 0 Å². The number of anilines is 1. The highest BCUT2D eigenvalue weighted by Gasteiger charge is 2.00. The molecule has 0 saturated heterocycles. The summed E-state index contributed by atoms with van der Waals surface area (Å²) in [6, 6.07) is 13.1. The zero-order valence-corrected chi connectivity index (χ0v) is 10.1. The van der Waals surface area contributed by atoms with Crippen molar-refractivity contribution in [1.82, 2.24) is 4.98 Å². The molecule has 0 radical (unpaired) electrons. The van der Waals surface area contributed by atoms with Gasteiger partial charge in [-0.05, 0) is 23.8 Å². The van der Waals surface area contributed by atoms with Gasteiger partial charge in [0.15, 0.2) is 0 Å². The predicted octanol–water partition coefficient (Wildman–Crippen LogP) is 1.95. The number of nitrogen functional groups attached to an aromatic ring is 1. The van der Waals surface area contributed by atoms with E-state index in [1.807, 2.05) is 30.3 Å². The number of nitrogens with two attached hydrogens (primary N) is 1. The Hall–Kier alpha value is -2.27. The van der Waals surface area contributed by atoms with E-state index in [9.17, 15) is 0 Å². The van der Waals surface area contributed by atoms with Crippen molar-refractivity contribution in [1.29, 1.82) is 0 Å². The van der Waals surface area contributed by atoms with Gasteiger partial charge in [0.25, 0.3) is 0 Å². The summed E-state index contributed by atoms with van der Waals surface area (Å²) in [4.78, 5) is 4.16. The molecule has 0 amide bonds. The van der Waals surface area contributed by atoms with Gasteiger partial charge in [0, 0.05) is 6.07 Å². The number of hydrazine groups is 1. The molecule has 2 rings (SSSR count). The molecule has 0 atom stereocenters. The maximum atomic E-state index is 5.57. The van der Waals surface area contributed by atoms with Crippen molar-refractivity contribution in [3.05, 3.63) is 48.0 Å². The van der Waals surface area contributed by atoms with Crippen molar-refractivity contribution in [2.24, 2.45) is 5.84 Å². The van der Waals surface area contributed by atoms with E-state index in [1.165, 1.54) is 0 Å². The van der Waals surface area contributed by atoms with Gasteiger partial charge in [0.05, 0.1) is 7.11 Å². The second-order valence-corrected chi connectivity index (χ2v) is 3.65. The number of nitrogens with one attached hydrogen (secondary N) is 1. The molecule has 0 saturated carbocycles. The zero-order chi connectivity index (χ0) is 12.8. The number of benzene rings is 1. The molecule has 0 fully saturated rings. The number of nitrogens with zero attached hydrogens (tertiary/aromatic N) is 1. The van der Waals surface area contributed by atoms with Crippen molar-refractivity contribution in [3.8, 4) is 11.6 Å². The Kier molecular flexibility index (Phi) is 3.98. The molecule has 94 valence electrons. The normalized spacial score (nSPS) is 9.89. The largest absolute Gasteiger partial charge is 0.497 e. The van der Waals surface area contributed by atoms with Crippen molar-refractivity contribution in [2.45, 2.75) is 6.61 Å². The van der Waals surface area contributed by atoms with Gasteiger partial charge in [-0.25, -0.2) is 5.84 Å². The second-order valence-electron chi connectivity index (χ2n) is 3.65. The van der Waals surface area contributed by atoms with Gasteiger partial charge in [0.2, 0.25) is 5.88 Å². The van der Waals surface area contributed by atoms with Crippen LogP contribution in [0.25, 0.3) is 0 Å². The summed E-state index contributed by atoms with van der Waals surface area (Å²) in [5.41, 5.74) is 3.49. The van der Waals surface area contributed by atoms with Crippen molar-refractivity contribution in [2.75, 3.05) is 12.5 Å². The molecule has 5 nitrogen and oxygen atoms in total. The van der Waals surface area contributed by atoms with Gasteiger partial charge < -0.3 is 14.9 Å². The highest BCUT2D eigenvalue weighted by atomic mass is 16.5. The van der Waals surface area contributed by atoms with Crippen molar-refractivity contribution < 1.29 is 9.47 Å². The van der Waals surface area contributed by atoms with Crippen LogP contribution in [0.3, 0.4) is 0 Å². The molecule has 0 bridgehead atoms. The van der Waals surface area contributed by atoms with Crippen LogP contribution in [-0.4, -0.2) is 12.1 Å². The summed E-state index contributed by atoms with van der Waals surface area (Å²) in [5.74, 6) is 7.18. The van der Waals surface area contributed by atoms with Gasteiger partial charge in [-0.2, -0.15) is 4.98 Å². The van der Waals surface area contributed by atoms with Gasteiger partial charge in [-0.1, -0.05) is 18.2 Å². The first-order valence-corrected chi connectivity index (χ1v) is 5.51. The standard InChI is InChI=1S/C13H15N3O2/c1-17-11-5-2-4-10(8-11)9-18-13-7-3-6-12(15-13)16-14/h2-8H,9,14H2,1H3,(H,15,16). The number of methoxy groups -OCH3 is 1. The first kappa shape index (κ1) is 12.2. The molecule has 1 heterocycles. The summed E-state index contributed by atoms with van der Waals surface area (Å²) in [6.45, 7) is 0.429. The van der Waals surface area contributed by atoms with Crippen LogP contribution >= 0.6 is 0 Å². The SMILES string of the molecule is COc1cccc(COc2cccc(NN)n2)c1. The number of pyridine rings is 1. The molecular formula is C13H15N3O2. The third kappa shape index (κ3) is 3.11. The van der Waals surface area contributed by atoms with E-state index in [1.54, 1.807) is 19.2 Å². The highest BCUT2D eigenvalue weighted by Crippen LogP contribution is 2.16. The molecule has 5 heteroatoms. The summed E-state index contributed by atoms with van der Waals surface area (Å²) in [7, 11) is 1.64. The van der Waals surface area contributed by atoms with Crippen molar-refractivity contribution >= 4 is 5.82 Å². The molecule has 0 spiro atoms. The fraction of sp³-hybridized carbons (Fsp3) is 0.154. The lowest BCUT2D eigenvalue weighted by atomic mass is 10.2. The molecule has 0 aliphatic carbocycles.